The van der Waals surface area contributed by atoms with Crippen molar-refractivity contribution in [3.63, 3.8) is 0 Å². The van der Waals surface area contributed by atoms with E-state index in [1.165, 1.54) is 0 Å². The highest BCUT2D eigenvalue weighted by Crippen LogP contribution is 2.47. The van der Waals surface area contributed by atoms with Crippen LogP contribution in [-0.2, 0) is 17.6 Å². The lowest BCUT2D eigenvalue weighted by Gasteiger charge is -2.25. The van der Waals surface area contributed by atoms with E-state index in [1.807, 2.05) is 19.1 Å². The van der Waals surface area contributed by atoms with Gasteiger partial charge in [0.2, 0.25) is 0 Å². The number of aryl methyl sites for hydroxylation is 2. The summed E-state index contributed by atoms with van der Waals surface area (Å²) in [5, 5.41) is 4.50. The summed E-state index contributed by atoms with van der Waals surface area (Å²) in [6, 6.07) is 4.66. The first-order chi connectivity index (χ1) is 14.6. The largest absolute Gasteiger partial charge is 0.483 e. The number of rotatable bonds is 3. The van der Waals surface area contributed by atoms with Gasteiger partial charge in [-0.15, -0.1) is 0 Å². The topological polar surface area (TPSA) is 71.8 Å². The second-order valence-electron chi connectivity index (χ2n) is 9.41. The van der Waals surface area contributed by atoms with E-state index in [0.29, 0.717) is 35.3 Å². The molecule has 30 heavy (non-hydrogen) atoms. The maximum absolute atomic E-state index is 13.0. The summed E-state index contributed by atoms with van der Waals surface area (Å²) in [6.45, 7) is 4.02. The van der Waals surface area contributed by atoms with Gasteiger partial charge in [0.25, 0.3) is 5.91 Å². The van der Waals surface area contributed by atoms with Crippen molar-refractivity contribution in [2.24, 2.45) is 11.8 Å². The highest BCUT2D eigenvalue weighted by molar-refractivity contribution is 5.86. The molecule has 0 radical (unpaired) electrons. The smallest absolute Gasteiger partial charge is 0.339 e. The van der Waals surface area contributed by atoms with Crippen LogP contribution in [0.5, 0.6) is 5.75 Å². The van der Waals surface area contributed by atoms with E-state index in [2.05, 4.69) is 10.2 Å². The average molecular weight is 408 g/mol. The van der Waals surface area contributed by atoms with Gasteiger partial charge < -0.3 is 19.4 Å². The Bertz CT molecular complexity index is 1070. The molecule has 1 amide bonds. The molecule has 158 valence electrons. The lowest BCUT2D eigenvalue weighted by Crippen LogP contribution is -2.41. The van der Waals surface area contributed by atoms with Crippen LogP contribution >= 0.6 is 0 Å². The molecule has 4 heterocycles. The van der Waals surface area contributed by atoms with Crippen molar-refractivity contribution >= 4 is 16.9 Å². The Hall–Kier alpha value is -2.34. The number of nitrogens with zero attached hydrogens (tertiary/aromatic N) is 1. The fourth-order valence-electron chi connectivity index (χ4n) is 6.63. The van der Waals surface area contributed by atoms with Gasteiger partial charge in [-0.05, 0) is 75.0 Å². The highest BCUT2D eigenvalue weighted by atomic mass is 16.5. The predicted octanol–water partition coefficient (Wildman–Crippen LogP) is 2.57. The van der Waals surface area contributed by atoms with Crippen LogP contribution in [0.25, 0.3) is 11.0 Å². The number of carbonyl (C=O) groups excluding carboxylic acids is 1. The van der Waals surface area contributed by atoms with Crippen molar-refractivity contribution in [2.75, 3.05) is 19.7 Å². The van der Waals surface area contributed by atoms with Crippen LogP contribution in [0.15, 0.2) is 21.3 Å². The zero-order valence-electron chi connectivity index (χ0n) is 17.4. The van der Waals surface area contributed by atoms with Gasteiger partial charge in [0.05, 0.1) is 0 Å². The van der Waals surface area contributed by atoms with Crippen LogP contribution in [0, 0.1) is 18.8 Å². The van der Waals surface area contributed by atoms with E-state index < -0.39 is 0 Å². The summed E-state index contributed by atoms with van der Waals surface area (Å²) in [6.07, 6.45) is 6.10. The molecule has 1 aliphatic carbocycles. The summed E-state index contributed by atoms with van der Waals surface area (Å²) in [5.74, 6) is 1.93. The molecule has 4 atom stereocenters. The summed E-state index contributed by atoms with van der Waals surface area (Å²) in [5.41, 5.74) is 3.15. The zero-order valence-corrected chi connectivity index (χ0v) is 17.4. The summed E-state index contributed by atoms with van der Waals surface area (Å²) in [4.78, 5) is 27.6. The first-order valence-corrected chi connectivity index (χ1v) is 11.4. The molecule has 3 aliphatic heterocycles. The third kappa shape index (κ3) is 2.59. The van der Waals surface area contributed by atoms with Gasteiger partial charge in [-0.25, -0.2) is 4.79 Å². The standard InChI is InChI=1S/C24H28N2O4/c1-13-21(9-6-15-14-4-2-3-5-16(14)24(28)30-23(13)15)29-12-22(27)26-19-7-8-20(26)18-11-25-10-17(18)19/h6,9,17-20,25H,2-5,7-8,10-12H2,1H3/t17-,18+,19-,20+. The number of ether oxygens (including phenoxy) is 1. The maximum Gasteiger partial charge on any atom is 0.339 e. The van der Waals surface area contributed by atoms with Gasteiger partial charge in [-0.2, -0.15) is 0 Å². The maximum atomic E-state index is 13.0. The van der Waals surface area contributed by atoms with Gasteiger partial charge >= 0.3 is 5.63 Å². The number of hydrogen-bond donors (Lipinski definition) is 1. The van der Waals surface area contributed by atoms with Gasteiger partial charge in [-0.3, -0.25) is 4.79 Å². The number of hydrogen-bond acceptors (Lipinski definition) is 5. The van der Waals surface area contributed by atoms with E-state index in [9.17, 15) is 9.59 Å². The third-order valence-electron chi connectivity index (χ3n) is 8.00. The molecule has 6 rings (SSSR count). The van der Waals surface area contributed by atoms with Gasteiger partial charge in [0.15, 0.2) is 6.61 Å². The van der Waals surface area contributed by atoms with Gasteiger partial charge in [-0.1, -0.05) is 0 Å². The molecule has 0 saturated carbocycles. The fraction of sp³-hybridized carbons (Fsp3) is 0.583. The number of carbonyl (C=O) groups is 1. The number of amides is 1. The molecular formula is C24H28N2O4. The molecule has 6 heteroatoms. The van der Waals surface area contributed by atoms with E-state index in [4.69, 9.17) is 9.15 Å². The molecule has 0 unspecified atom stereocenters. The summed E-state index contributed by atoms with van der Waals surface area (Å²) >= 11 is 0. The molecule has 0 spiro atoms. The van der Waals surface area contributed by atoms with Crippen molar-refractivity contribution in [1.82, 2.24) is 10.2 Å². The quantitative estimate of drug-likeness (QED) is 0.791. The molecule has 2 aromatic rings. The monoisotopic (exact) mass is 408 g/mol. The van der Waals surface area contributed by atoms with Crippen LogP contribution in [0.3, 0.4) is 0 Å². The molecule has 3 saturated heterocycles. The van der Waals surface area contributed by atoms with E-state index in [-0.39, 0.29) is 18.1 Å². The van der Waals surface area contributed by atoms with Crippen molar-refractivity contribution in [2.45, 2.75) is 57.5 Å². The van der Waals surface area contributed by atoms with E-state index in [0.717, 1.165) is 73.7 Å². The lowest BCUT2D eigenvalue weighted by atomic mass is 9.82. The molecule has 3 fully saturated rings. The van der Waals surface area contributed by atoms with Crippen LogP contribution < -0.4 is 15.7 Å². The first kappa shape index (κ1) is 18.4. The predicted molar refractivity (Wildman–Crippen MR) is 113 cm³/mol. The molecule has 1 aromatic carbocycles. The number of nitrogens with one attached hydrogen (secondary N) is 1. The highest BCUT2D eigenvalue weighted by Gasteiger charge is 2.56. The van der Waals surface area contributed by atoms with Crippen LogP contribution in [0.1, 0.15) is 42.4 Å². The lowest BCUT2D eigenvalue weighted by molar-refractivity contribution is -0.135. The molecule has 4 aliphatic rings. The van der Waals surface area contributed by atoms with Crippen molar-refractivity contribution in [3.05, 3.63) is 39.2 Å². The number of benzene rings is 1. The average Bonchev–Trinajstić information content (AvgIpc) is 3.47. The minimum Gasteiger partial charge on any atom is -0.483 e. The second kappa shape index (κ2) is 6.84. The molecule has 1 N–H and O–H groups in total. The minimum absolute atomic E-state index is 0.0430. The van der Waals surface area contributed by atoms with Crippen molar-refractivity contribution in [1.29, 1.82) is 0 Å². The normalized spacial score (nSPS) is 29.3. The van der Waals surface area contributed by atoms with Crippen molar-refractivity contribution in [3.8, 4) is 5.75 Å². The van der Waals surface area contributed by atoms with Gasteiger partial charge in [0, 0.05) is 41.7 Å². The van der Waals surface area contributed by atoms with Crippen LogP contribution in [0.2, 0.25) is 0 Å². The molecule has 1 aromatic heterocycles. The Labute approximate surface area is 175 Å². The third-order valence-corrected chi connectivity index (χ3v) is 8.00. The van der Waals surface area contributed by atoms with Crippen molar-refractivity contribution < 1.29 is 13.9 Å². The Morgan fingerprint density at radius 3 is 2.57 bits per heavy atom. The number of fused-ring (bicyclic) bond motifs is 8. The Morgan fingerprint density at radius 1 is 1.13 bits per heavy atom. The summed E-state index contributed by atoms with van der Waals surface area (Å²) < 4.78 is 11.7. The fourth-order valence-corrected chi connectivity index (χ4v) is 6.63. The first-order valence-electron chi connectivity index (χ1n) is 11.4. The van der Waals surface area contributed by atoms with Crippen LogP contribution in [0.4, 0.5) is 0 Å². The Balaban J connectivity index is 1.25. The van der Waals surface area contributed by atoms with Crippen LogP contribution in [-0.4, -0.2) is 42.6 Å². The Kier molecular flexibility index (Phi) is 4.20. The molecule has 2 bridgehead atoms. The SMILES string of the molecule is Cc1c(OCC(=O)N2[C@@H]3CC[C@H]2[C@H]2CNC[C@H]23)ccc2c3c(c(=O)oc12)CCCC3. The van der Waals surface area contributed by atoms with Gasteiger partial charge in [0.1, 0.15) is 11.3 Å². The summed E-state index contributed by atoms with van der Waals surface area (Å²) in [7, 11) is 0. The molecular weight excluding hydrogens is 380 g/mol. The Morgan fingerprint density at radius 2 is 1.83 bits per heavy atom. The molecule has 6 nitrogen and oxygen atoms in total. The second-order valence-corrected chi connectivity index (χ2v) is 9.41. The van der Waals surface area contributed by atoms with E-state index >= 15 is 0 Å². The van der Waals surface area contributed by atoms with E-state index in [1.54, 1.807) is 0 Å². The zero-order chi connectivity index (χ0) is 20.4. The minimum atomic E-state index is -0.220.